The standard InChI is InChI=1S/C17H21N3O5/c1-3-8-19-16(22)13-14(10-4-6-11(24-2)7-5-10)20(9-12(18)21)25-15(13)17(19)23/h4-7,13-15H,3,8-9H2,1-2H3,(H2,18,21). The van der Waals surface area contributed by atoms with Crippen LogP contribution in [-0.4, -0.2) is 54.0 Å². The number of hydrogen-bond donors (Lipinski definition) is 1. The van der Waals surface area contributed by atoms with Crippen molar-refractivity contribution in [1.29, 1.82) is 0 Å². The Morgan fingerprint density at radius 3 is 2.48 bits per heavy atom. The van der Waals surface area contributed by atoms with E-state index in [1.54, 1.807) is 31.4 Å². The van der Waals surface area contributed by atoms with Gasteiger partial charge < -0.3 is 10.5 Å². The molecule has 2 heterocycles. The molecular weight excluding hydrogens is 326 g/mol. The Hall–Kier alpha value is -2.45. The van der Waals surface area contributed by atoms with Crippen LogP contribution in [0.15, 0.2) is 24.3 Å². The third kappa shape index (κ3) is 2.98. The Morgan fingerprint density at radius 1 is 1.24 bits per heavy atom. The minimum absolute atomic E-state index is 0.196. The van der Waals surface area contributed by atoms with E-state index in [1.165, 1.54) is 9.96 Å². The number of amides is 3. The number of likely N-dealkylation sites (tertiary alicyclic amines) is 1. The van der Waals surface area contributed by atoms with Gasteiger partial charge in [0.05, 0.1) is 19.1 Å². The molecule has 8 heteroatoms. The number of imide groups is 1. The second-order valence-electron chi connectivity index (χ2n) is 6.14. The Balaban J connectivity index is 1.96. The van der Waals surface area contributed by atoms with Crippen LogP contribution >= 0.6 is 0 Å². The van der Waals surface area contributed by atoms with Crippen molar-refractivity contribution in [2.24, 2.45) is 11.7 Å². The zero-order valence-electron chi connectivity index (χ0n) is 14.2. The number of fused-ring (bicyclic) bond motifs is 1. The molecule has 0 spiro atoms. The lowest BCUT2D eigenvalue weighted by molar-refractivity contribution is -0.181. The van der Waals surface area contributed by atoms with E-state index in [4.69, 9.17) is 15.3 Å². The first-order valence-corrected chi connectivity index (χ1v) is 8.18. The summed E-state index contributed by atoms with van der Waals surface area (Å²) in [6.07, 6.45) is -0.236. The molecule has 0 saturated carbocycles. The van der Waals surface area contributed by atoms with E-state index < -0.39 is 24.0 Å². The third-order valence-electron chi connectivity index (χ3n) is 4.50. The predicted octanol–water partition coefficient (Wildman–Crippen LogP) is 0.232. The summed E-state index contributed by atoms with van der Waals surface area (Å²) in [7, 11) is 1.56. The van der Waals surface area contributed by atoms with E-state index in [1.807, 2.05) is 6.92 Å². The molecule has 2 aliphatic heterocycles. The molecule has 0 radical (unpaired) electrons. The minimum atomic E-state index is -0.912. The van der Waals surface area contributed by atoms with Gasteiger partial charge in [-0.1, -0.05) is 19.1 Å². The fraction of sp³-hybridized carbons (Fsp3) is 0.471. The first kappa shape index (κ1) is 17.4. The number of ether oxygens (including phenoxy) is 1. The number of hydroxylamine groups is 2. The second-order valence-corrected chi connectivity index (χ2v) is 6.14. The molecule has 0 aliphatic carbocycles. The topological polar surface area (TPSA) is 102 Å². The number of carbonyl (C=O) groups excluding carboxylic acids is 3. The Kier molecular flexibility index (Phi) is 4.73. The zero-order chi connectivity index (χ0) is 18.1. The van der Waals surface area contributed by atoms with Crippen LogP contribution < -0.4 is 10.5 Å². The number of rotatable bonds is 6. The summed E-state index contributed by atoms with van der Waals surface area (Å²) in [6, 6.07) is 6.56. The van der Waals surface area contributed by atoms with Crippen LogP contribution in [0, 0.1) is 5.92 Å². The van der Waals surface area contributed by atoms with E-state index in [0.717, 1.165) is 5.56 Å². The lowest BCUT2D eigenvalue weighted by atomic mass is 9.91. The van der Waals surface area contributed by atoms with Crippen LogP contribution in [-0.2, 0) is 19.2 Å². The average Bonchev–Trinajstić information content (AvgIpc) is 3.06. The van der Waals surface area contributed by atoms with Crippen molar-refractivity contribution in [3.8, 4) is 5.75 Å². The number of nitrogens with zero attached hydrogens (tertiary/aromatic N) is 2. The Bertz CT molecular complexity index is 690. The minimum Gasteiger partial charge on any atom is -0.497 e. The number of primary amides is 1. The van der Waals surface area contributed by atoms with Crippen molar-refractivity contribution in [2.75, 3.05) is 20.2 Å². The number of benzene rings is 1. The van der Waals surface area contributed by atoms with Gasteiger partial charge in [-0.2, -0.15) is 5.06 Å². The molecule has 2 N–H and O–H groups in total. The maximum absolute atomic E-state index is 12.8. The molecule has 1 aromatic rings. The second kappa shape index (κ2) is 6.81. The normalized spacial score (nSPS) is 26.2. The highest BCUT2D eigenvalue weighted by molar-refractivity contribution is 6.07. The lowest BCUT2D eigenvalue weighted by Gasteiger charge is -2.26. The van der Waals surface area contributed by atoms with Crippen LogP contribution in [0.25, 0.3) is 0 Å². The van der Waals surface area contributed by atoms with Gasteiger partial charge in [-0.05, 0) is 24.1 Å². The average molecular weight is 347 g/mol. The van der Waals surface area contributed by atoms with Crippen LogP contribution in [0.1, 0.15) is 24.9 Å². The summed E-state index contributed by atoms with van der Waals surface area (Å²) < 4.78 is 5.15. The Morgan fingerprint density at radius 2 is 1.92 bits per heavy atom. The summed E-state index contributed by atoms with van der Waals surface area (Å²) in [5.74, 6) is -1.25. The number of methoxy groups -OCH3 is 1. The van der Waals surface area contributed by atoms with E-state index >= 15 is 0 Å². The summed E-state index contributed by atoms with van der Waals surface area (Å²) >= 11 is 0. The molecule has 2 aliphatic rings. The molecule has 2 fully saturated rings. The van der Waals surface area contributed by atoms with Crippen molar-refractivity contribution in [2.45, 2.75) is 25.5 Å². The van der Waals surface area contributed by atoms with Crippen molar-refractivity contribution >= 4 is 17.7 Å². The number of carbonyl (C=O) groups is 3. The molecule has 1 aromatic carbocycles. The zero-order valence-corrected chi connectivity index (χ0v) is 14.2. The fourth-order valence-electron chi connectivity index (χ4n) is 3.43. The first-order chi connectivity index (χ1) is 12.0. The fourth-order valence-corrected chi connectivity index (χ4v) is 3.43. The van der Waals surface area contributed by atoms with E-state index in [2.05, 4.69) is 0 Å². The van der Waals surface area contributed by atoms with Crippen LogP contribution in [0.4, 0.5) is 0 Å². The van der Waals surface area contributed by atoms with Gasteiger partial charge in [-0.3, -0.25) is 24.1 Å². The molecule has 134 valence electrons. The highest BCUT2D eigenvalue weighted by atomic mass is 16.7. The largest absolute Gasteiger partial charge is 0.497 e. The van der Waals surface area contributed by atoms with Gasteiger partial charge in [0.25, 0.3) is 5.91 Å². The van der Waals surface area contributed by atoms with Gasteiger partial charge in [0.15, 0.2) is 6.10 Å². The molecule has 3 rings (SSSR count). The SMILES string of the molecule is CCCN1C(=O)C2ON(CC(N)=O)C(c3ccc(OC)cc3)C2C1=O. The van der Waals surface area contributed by atoms with Crippen LogP contribution in [0.2, 0.25) is 0 Å². The highest BCUT2D eigenvalue weighted by Crippen LogP contribution is 2.44. The molecule has 3 atom stereocenters. The molecule has 0 bridgehead atoms. The molecule has 25 heavy (non-hydrogen) atoms. The molecule has 0 aromatic heterocycles. The lowest BCUT2D eigenvalue weighted by Crippen LogP contribution is -2.40. The van der Waals surface area contributed by atoms with Gasteiger partial charge >= 0.3 is 0 Å². The highest BCUT2D eigenvalue weighted by Gasteiger charge is 2.59. The van der Waals surface area contributed by atoms with Gasteiger partial charge in [0, 0.05) is 6.54 Å². The number of nitrogens with two attached hydrogens (primary N) is 1. The summed E-state index contributed by atoms with van der Waals surface area (Å²) in [5.41, 5.74) is 6.05. The Labute approximate surface area is 145 Å². The van der Waals surface area contributed by atoms with Crippen molar-refractivity contribution < 1.29 is 24.0 Å². The number of hydrogen-bond acceptors (Lipinski definition) is 6. The van der Waals surface area contributed by atoms with E-state index in [0.29, 0.717) is 18.7 Å². The molecule has 3 unspecified atom stereocenters. The van der Waals surface area contributed by atoms with Gasteiger partial charge in [0.1, 0.15) is 12.3 Å². The smallest absolute Gasteiger partial charge is 0.261 e. The summed E-state index contributed by atoms with van der Waals surface area (Å²) in [4.78, 5) is 43.6. The van der Waals surface area contributed by atoms with Crippen molar-refractivity contribution in [3.05, 3.63) is 29.8 Å². The van der Waals surface area contributed by atoms with Gasteiger partial charge in [0.2, 0.25) is 11.8 Å². The van der Waals surface area contributed by atoms with Gasteiger partial charge in [-0.15, -0.1) is 0 Å². The van der Waals surface area contributed by atoms with Crippen LogP contribution in [0.5, 0.6) is 5.75 Å². The molecule has 8 nitrogen and oxygen atoms in total. The van der Waals surface area contributed by atoms with Gasteiger partial charge in [-0.25, -0.2) is 0 Å². The molecule has 3 amide bonds. The molecular formula is C17H21N3O5. The third-order valence-corrected chi connectivity index (χ3v) is 4.50. The quantitative estimate of drug-likeness (QED) is 0.739. The monoisotopic (exact) mass is 347 g/mol. The van der Waals surface area contributed by atoms with Crippen molar-refractivity contribution in [3.63, 3.8) is 0 Å². The first-order valence-electron chi connectivity index (χ1n) is 8.18. The summed E-state index contributed by atoms with van der Waals surface area (Å²) in [5, 5.41) is 1.35. The van der Waals surface area contributed by atoms with Crippen LogP contribution in [0.3, 0.4) is 0 Å². The van der Waals surface area contributed by atoms with E-state index in [9.17, 15) is 14.4 Å². The maximum Gasteiger partial charge on any atom is 0.261 e. The van der Waals surface area contributed by atoms with E-state index in [-0.39, 0.29) is 18.4 Å². The maximum atomic E-state index is 12.8. The molecule has 2 saturated heterocycles. The summed E-state index contributed by atoms with van der Waals surface area (Å²) in [6.45, 7) is 2.06. The van der Waals surface area contributed by atoms with Crippen molar-refractivity contribution in [1.82, 2.24) is 9.96 Å². The predicted molar refractivity (Wildman–Crippen MR) is 87.0 cm³/mol.